The van der Waals surface area contributed by atoms with Gasteiger partial charge in [0.2, 0.25) is 5.91 Å². The van der Waals surface area contributed by atoms with Crippen LogP contribution in [-0.2, 0) is 22.8 Å². The van der Waals surface area contributed by atoms with Gasteiger partial charge in [-0.25, -0.2) is 4.98 Å². The Labute approximate surface area is 213 Å². The third-order valence-corrected chi connectivity index (χ3v) is 7.83. The zero-order valence-corrected chi connectivity index (χ0v) is 21.8. The summed E-state index contributed by atoms with van der Waals surface area (Å²) in [6.07, 6.45) is 7.17. The molecular formula is C29H35N5O2. The highest BCUT2D eigenvalue weighted by Gasteiger charge is 2.41. The average Bonchev–Trinajstić information content (AvgIpc) is 3.28. The van der Waals surface area contributed by atoms with Crippen LogP contribution in [0.1, 0.15) is 61.9 Å². The lowest BCUT2D eigenvalue weighted by Gasteiger charge is -2.33. The van der Waals surface area contributed by atoms with Crippen molar-refractivity contribution >= 4 is 5.91 Å². The lowest BCUT2D eigenvalue weighted by atomic mass is 9.73. The van der Waals surface area contributed by atoms with E-state index in [1.807, 2.05) is 73.2 Å². The number of ether oxygens (including phenoxy) is 1. The number of aromatic nitrogens is 2. The van der Waals surface area contributed by atoms with Crippen LogP contribution in [0.25, 0.3) is 0 Å². The van der Waals surface area contributed by atoms with Gasteiger partial charge in [0.05, 0.1) is 34.7 Å². The van der Waals surface area contributed by atoms with Crippen LogP contribution in [0.15, 0.2) is 55.0 Å². The van der Waals surface area contributed by atoms with E-state index in [1.54, 1.807) is 12.4 Å². The molecule has 1 amide bonds. The van der Waals surface area contributed by atoms with Gasteiger partial charge in [-0.05, 0) is 68.6 Å². The molecule has 0 spiro atoms. The second-order valence-electron chi connectivity index (χ2n) is 9.84. The van der Waals surface area contributed by atoms with Gasteiger partial charge in [0, 0.05) is 20.6 Å². The van der Waals surface area contributed by atoms with Crippen LogP contribution in [0.3, 0.4) is 0 Å². The summed E-state index contributed by atoms with van der Waals surface area (Å²) in [5, 5.41) is 13.2. The number of nitrogens with one attached hydrogen (secondary N) is 1. The number of likely N-dealkylation sites (tertiary alicyclic amines) is 1. The van der Waals surface area contributed by atoms with E-state index in [2.05, 4.69) is 30.2 Å². The summed E-state index contributed by atoms with van der Waals surface area (Å²) in [6, 6.07) is 15.7. The molecule has 1 aliphatic heterocycles. The number of benzene rings is 2. The van der Waals surface area contributed by atoms with Crippen LogP contribution in [-0.4, -0.2) is 41.0 Å². The number of amides is 1. The molecule has 1 aromatic heterocycles. The Balaban J connectivity index is 1.73. The Morgan fingerprint density at radius 3 is 2.69 bits per heavy atom. The second-order valence-corrected chi connectivity index (χ2v) is 9.84. The van der Waals surface area contributed by atoms with Crippen molar-refractivity contribution in [3.63, 3.8) is 0 Å². The quantitative estimate of drug-likeness (QED) is 0.517. The Morgan fingerprint density at radius 1 is 1.22 bits per heavy atom. The highest BCUT2D eigenvalue weighted by Crippen LogP contribution is 2.40. The van der Waals surface area contributed by atoms with Crippen LogP contribution >= 0.6 is 0 Å². The van der Waals surface area contributed by atoms with Crippen molar-refractivity contribution in [3.8, 4) is 17.6 Å². The maximum Gasteiger partial charge on any atom is 0.232 e. The van der Waals surface area contributed by atoms with Crippen LogP contribution < -0.4 is 10.1 Å². The molecule has 0 saturated carbocycles. The molecule has 1 saturated heterocycles. The number of hydrogen-bond donors (Lipinski definition) is 1. The van der Waals surface area contributed by atoms with Gasteiger partial charge >= 0.3 is 0 Å². The largest absolute Gasteiger partial charge is 0.456 e. The van der Waals surface area contributed by atoms with Crippen molar-refractivity contribution in [1.82, 2.24) is 19.8 Å². The summed E-state index contributed by atoms with van der Waals surface area (Å²) in [5.41, 5.74) is 2.25. The predicted molar refractivity (Wildman–Crippen MR) is 140 cm³/mol. The molecule has 0 bridgehead atoms. The van der Waals surface area contributed by atoms with Gasteiger partial charge in [0.1, 0.15) is 17.6 Å². The van der Waals surface area contributed by atoms with Crippen molar-refractivity contribution < 1.29 is 9.53 Å². The second kappa shape index (κ2) is 10.2. The van der Waals surface area contributed by atoms with Crippen LogP contribution in [0.4, 0.5) is 0 Å². The average molecular weight is 486 g/mol. The molecule has 1 unspecified atom stereocenters. The summed E-state index contributed by atoms with van der Waals surface area (Å²) in [4.78, 5) is 19.6. The number of nitrogens with zero attached hydrogens (tertiary/aromatic N) is 4. The first kappa shape index (κ1) is 25.5. The first-order valence-corrected chi connectivity index (χ1v) is 12.5. The Kier molecular flexibility index (Phi) is 7.18. The van der Waals surface area contributed by atoms with E-state index in [-0.39, 0.29) is 5.91 Å². The molecule has 2 aromatic carbocycles. The number of rotatable bonds is 7. The van der Waals surface area contributed by atoms with Gasteiger partial charge < -0.3 is 19.5 Å². The topological polar surface area (TPSA) is 83.2 Å². The van der Waals surface area contributed by atoms with E-state index in [0.29, 0.717) is 17.1 Å². The molecule has 1 fully saturated rings. The number of nitriles is 1. The van der Waals surface area contributed by atoms with Crippen LogP contribution in [0.2, 0.25) is 0 Å². The zero-order valence-electron chi connectivity index (χ0n) is 21.8. The lowest BCUT2D eigenvalue weighted by Crippen LogP contribution is -2.43. The molecule has 2 heterocycles. The van der Waals surface area contributed by atoms with E-state index >= 15 is 0 Å². The summed E-state index contributed by atoms with van der Waals surface area (Å²) >= 11 is 0. The van der Waals surface area contributed by atoms with Gasteiger partial charge in [-0.2, -0.15) is 5.26 Å². The number of carbonyl (C=O) groups is 1. The Bertz CT molecular complexity index is 1290. The molecular weight excluding hydrogens is 450 g/mol. The van der Waals surface area contributed by atoms with Gasteiger partial charge in [0.25, 0.3) is 0 Å². The monoisotopic (exact) mass is 485 g/mol. The minimum Gasteiger partial charge on any atom is -0.456 e. The van der Waals surface area contributed by atoms with Gasteiger partial charge in [-0.1, -0.05) is 31.5 Å². The standard InChI is InChI=1S/C29H35N5O2/c1-6-29(14-7-8-15-33(4)27(29)35)23-10-9-11-24(16-23)36-25-17-22(13-12-21(25)18-30)28(2,31-3)26-19-32-20-34(26)5/h9-13,16-17,19-20,31H,6-8,14-15H2,1-5H3/t28?,29-/m1/s1. The molecule has 7 nitrogen and oxygen atoms in total. The van der Waals surface area contributed by atoms with Crippen molar-refractivity contribution in [2.75, 3.05) is 20.6 Å². The summed E-state index contributed by atoms with van der Waals surface area (Å²) in [7, 11) is 5.75. The highest BCUT2D eigenvalue weighted by atomic mass is 16.5. The maximum atomic E-state index is 13.4. The molecule has 3 aromatic rings. The molecule has 36 heavy (non-hydrogen) atoms. The van der Waals surface area contributed by atoms with Crippen molar-refractivity contribution in [1.29, 1.82) is 5.26 Å². The molecule has 7 heteroatoms. The Morgan fingerprint density at radius 2 is 2.03 bits per heavy atom. The molecule has 0 aliphatic carbocycles. The molecule has 0 radical (unpaired) electrons. The van der Waals surface area contributed by atoms with E-state index in [1.165, 1.54) is 0 Å². The van der Waals surface area contributed by atoms with Gasteiger partial charge in [-0.3, -0.25) is 4.79 Å². The third-order valence-electron chi connectivity index (χ3n) is 7.83. The summed E-state index contributed by atoms with van der Waals surface area (Å²) in [5.74, 6) is 1.26. The first-order chi connectivity index (χ1) is 17.3. The van der Waals surface area contributed by atoms with E-state index in [9.17, 15) is 10.1 Å². The van der Waals surface area contributed by atoms with Crippen LogP contribution in [0.5, 0.6) is 11.5 Å². The highest BCUT2D eigenvalue weighted by molar-refractivity contribution is 5.88. The minimum absolute atomic E-state index is 0.167. The fourth-order valence-electron chi connectivity index (χ4n) is 5.40. The first-order valence-electron chi connectivity index (χ1n) is 12.5. The lowest BCUT2D eigenvalue weighted by molar-refractivity contribution is -0.135. The number of hydrogen-bond acceptors (Lipinski definition) is 5. The molecule has 1 aliphatic rings. The molecule has 4 rings (SSSR count). The summed E-state index contributed by atoms with van der Waals surface area (Å²) in [6.45, 7) is 4.95. The Hall–Kier alpha value is -3.63. The SMILES string of the molecule is CC[C@]1(c2cccc(Oc3cc(C(C)(NC)c4cncn4C)ccc3C#N)c2)CCCCN(C)C1=O. The molecule has 2 atom stereocenters. The fraction of sp³-hybridized carbons (Fsp3) is 0.414. The van der Waals surface area contributed by atoms with Gasteiger partial charge in [-0.15, -0.1) is 0 Å². The smallest absolute Gasteiger partial charge is 0.232 e. The number of likely N-dealkylation sites (N-methyl/N-ethyl adjacent to an activating group) is 1. The summed E-state index contributed by atoms with van der Waals surface area (Å²) < 4.78 is 8.32. The van der Waals surface area contributed by atoms with E-state index in [4.69, 9.17) is 4.74 Å². The van der Waals surface area contributed by atoms with E-state index in [0.717, 1.165) is 49.0 Å². The predicted octanol–water partition coefficient (Wildman–Crippen LogP) is 4.86. The maximum absolute atomic E-state index is 13.4. The normalized spacial score (nSPS) is 19.9. The zero-order chi connectivity index (χ0) is 25.9. The third kappa shape index (κ3) is 4.38. The van der Waals surface area contributed by atoms with Gasteiger partial charge in [0.15, 0.2) is 0 Å². The van der Waals surface area contributed by atoms with Crippen LogP contribution in [0, 0.1) is 11.3 Å². The number of aryl methyl sites for hydroxylation is 1. The molecule has 1 N–H and O–H groups in total. The number of imidazole rings is 1. The minimum atomic E-state index is -0.561. The van der Waals surface area contributed by atoms with Crippen molar-refractivity contribution in [2.45, 2.75) is 50.5 Å². The number of carbonyl (C=O) groups excluding carboxylic acids is 1. The van der Waals surface area contributed by atoms with E-state index < -0.39 is 11.0 Å². The van der Waals surface area contributed by atoms with Crippen molar-refractivity contribution in [2.24, 2.45) is 7.05 Å². The molecule has 188 valence electrons. The van der Waals surface area contributed by atoms with Crippen molar-refractivity contribution in [3.05, 3.63) is 77.4 Å². The fourth-order valence-corrected chi connectivity index (χ4v) is 5.40.